The van der Waals surface area contributed by atoms with Crippen molar-refractivity contribution in [2.24, 2.45) is 0 Å². The van der Waals surface area contributed by atoms with E-state index in [1.54, 1.807) is 0 Å². The standard InChI is InChI=1S/C21H23NSi/c1-16-9-14-20(22-15-16)18-12-10-17(11-13-18)19-7-5-6-8-21(19)23(2,3)4/h5-15H,1-4H3. The summed E-state index contributed by atoms with van der Waals surface area (Å²) in [6, 6.07) is 21.8. The second kappa shape index (κ2) is 6.13. The van der Waals surface area contributed by atoms with E-state index >= 15 is 0 Å². The second-order valence-electron chi connectivity index (χ2n) is 7.09. The molecule has 1 heterocycles. The lowest BCUT2D eigenvalue weighted by atomic mass is 10.0. The van der Waals surface area contributed by atoms with Crippen molar-refractivity contribution in [1.82, 2.24) is 4.98 Å². The van der Waals surface area contributed by atoms with Crippen molar-refractivity contribution in [3.63, 3.8) is 0 Å². The number of aromatic nitrogens is 1. The maximum atomic E-state index is 4.51. The van der Waals surface area contributed by atoms with Gasteiger partial charge >= 0.3 is 0 Å². The molecule has 0 amide bonds. The van der Waals surface area contributed by atoms with E-state index in [0.717, 1.165) is 5.69 Å². The molecule has 0 fully saturated rings. The van der Waals surface area contributed by atoms with Crippen LogP contribution in [-0.4, -0.2) is 13.1 Å². The van der Waals surface area contributed by atoms with Gasteiger partial charge in [0.05, 0.1) is 13.8 Å². The summed E-state index contributed by atoms with van der Waals surface area (Å²) >= 11 is 0. The number of hydrogen-bond acceptors (Lipinski definition) is 1. The van der Waals surface area contributed by atoms with Gasteiger partial charge in [0.2, 0.25) is 0 Å². The van der Waals surface area contributed by atoms with E-state index in [1.165, 1.54) is 27.4 Å². The van der Waals surface area contributed by atoms with Crippen LogP contribution in [0.2, 0.25) is 19.6 Å². The molecule has 23 heavy (non-hydrogen) atoms. The second-order valence-corrected chi connectivity index (χ2v) is 12.1. The molecule has 3 rings (SSSR count). The molecule has 0 N–H and O–H groups in total. The molecule has 1 nitrogen and oxygen atoms in total. The maximum Gasteiger partial charge on any atom is 0.0784 e. The van der Waals surface area contributed by atoms with Crippen LogP contribution in [0.15, 0.2) is 66.9 Å². The smallest absolute Gasteiger partial charge is 0.0784 e. The molecule has 0 saturated carbocycles. The van der Waals surface area contributed by atoms with Crippen molar-refractivity contribution in [3.8, 4) is 22.4 Å². The molecular formula is C21H23NSi. The minimum absolute atomic E-state index is 1.03. The van der Waals surface area contributed by atoms with E-state index in [9.17, 15) is 0 Å². The van der Waals surface area contributed by atoms with E-state index in [4.69, 9.17) is 0 Å². The van der Waals surface area contributed by atoms with Crippen LogP contribution in [0.1, 0.15) is 5.56 Å². The lowest BCUT2D eigenvalue weighted by molar-refractivity contribution is 1.27. The molecule has 0 atom stereocenters. The molecule has 1 aromatic heterocycles. The van der Waals surface area contributed by atoms with Gasteiger partial charge in [-0.15, -0.1) is 0 Å². The SMILES string of the molecule is Cc1ccc(-c2ccc(-c3ccccc3[Si](C)(C)C)cc2)nc1. The van der Waals surface area contributed by atoms with Crippen LogP contribution in [0.3, 0.4) is 0 Å². The molecule has 0 saturated heterocycles. The number of benzene rings is 2. The van der Waals surface area contributed by atoms with Crippen LogP contribution < -0.4 is 5.19 Å². The summed E-state index contributed by atoms with van der Waals surface area (Å²) in [5.74, 6) is 0. The van der Waals surface area contributed by atoms with Gasteiger partial charge in [-0.1, -0.05) is 79.4 Å². The largest absolute Gasteiger partial charge is 0.256 e. The normalized spacial score (nSPS) is 11.5. The molecule has 2 heteroatoms. The number of rotatable bonds is 3. The van der Waals surface area contributed by atoms with Gasteiger partial charge in [-0.25, -0.2) is 0 Å². The Balaban J connectivity index is 1.99. The number of pyridine rings is 1. The Labute approximate surface area is 140 Å². The molecular weight excluding hydrogens is 294 g/mol. The quantitative estimate of drug-likeness (QED) is 0.600. The molecule has 0 bridgehead atoms. The summed E-state index contributed by atoms with van der Waals surface area (Å²) in [5, 5.41) is 1.52. The molecule has 116 valence electrons. The van der Waals surface area contributed by atoms with Gasteiger partial charge in [0.15, 0.2) is 0 Å². The number of aryl methyl sites for hydroxylation is 1. The third kappa shape index (κ3) is 3.43. The van der Waals surface area contributed by atoms with Crippen molar-refractivity contribution >= 4 is 13.3 Å². The topological polar surface area (TPSA) is 12.9 Å². The fourth-order valence-corrected chi connectivity index (χ4v) is 4.48. The van der Waals surface area contributed by atoms with Crippen LogP contribution in [0.5, 0.6) is 0 Å². The average Bonchev–Trinajstić information content (AvgIpc) is 2.55. The summed E-state index contributed by atoms with van der Waals surface area (Å²) < 4.78 is 0. The Bertz CT molecular complexity index is 796. The highest BCUT2D eigenvalue weighted by molar-refractivity contribution is 6.89. The molecule has 2 aromatic carbocycles. The molecule has 0 radical (unpaired) electrons. The van der Waals surface area contributed by atoms with Crippen molar-refractivity contribution in [3.05, 3.63) is 72.4 Å². The van der Waals surface area contributed by atoms with Gasteiger partial charge in [0.25, 0.3) is 0 Å². The fourth-order valence-electron chi connectivity index (χ4n) is 2.85. The third-order valence-corrected chi connectivity index (χ3v) is 6.19. The third-order valence-electron chi connectivity index (χ3n) is 4.14. The van der Waals surface area contributed by atoms with Crippen molar-refractivity contribution in [2.45, 2.75) is 26.6 Å². The van der Waals surface area contributed by atoms with Gasteiger partial charge < -0.3 is 0 Å². The van der Waals surface area contributed by atoms with Crippen LogP contribution in [0.25, 0.3) is 22.4 Å². The summed E-state index contributed by atoms with van der Waals surface area (Å²) in [6.07, 6.45) is 1.92. The molecule has 3 aromatic rings. The first-order valence-electron chi connectivity index (χ1n) is 8.08. The van der Waals surface area contributed by atoms with E-state index in [2.05, 4.69) is 92.2 Å². The zero-order chi connectivity index (χ0) is 16.4. The zero-order valence-electron chi connectivity index (χ0n) is 14.3. The molecule has 0 aliphatic rings. The first kappa shape index (κ1) is 15.7. The van der Waals surface area contributed by atoms with Crippen molar-refractivity contribution in [2.75, 3.05) is 0 Å². The highest BCUT2D eigenvalue weighted by atomic mass is 28.3. The van der Waals surface area contributed by atoms with Gasteiger partial charge in [0, 0.05) is 11.8 Å². The maximum absolute atomic E-state index is 4.51. The van der Waals surface area contributed by atoms with E-state index in [1.807, 2.05) is 6.20 Å². The van der Waals surface area contributed by atoms with Crippen molar-refractivity contribution in [1.29, 1.82) is 0 Å². The van der Waals surface area contributed by atoms with Crippen LogP contribution in [-0.2, 0) is 0 Å². The highest BCUT2D eigenvalue weighted by Crippen LogP contribution is 2.24. The Hall–Kier alpha value is -2.19. The van der Waals surface area contributed by atoms with Crippen LogP contribution in [0.4, 0.5) is 0 Å². The minimum Gasteiger partial charge on any atom is -0.256 e. The van der Waals surface area contributed by atoms with Gasteiger partial charge in [-0.05, 0) is 29.7 Å². The first-order chi connectivity index (χ1) is 10.9. The number of hydrogen-bond donors (Lipinski definition) is 0. The van der Waals surface area contributed by atoms with E-state index in [0.29, 0.717) is 0 Å². The summed E-state index contributed by atoms with van der Waals surface area (Å²) in [4.78, 5) is 4.51. The predicted octanol–water partition coefficient (Wildman–Crippen LogP) is 5.27. The predicted molar refractivity (Wildman–Crippen MR) is 103 cm³/mol. The van der Waals surface area contributed by atoms with Crippen LogP contribution >= 0.6 is 0 Å². The molecule has 0 aliphatic carbocycles. The molecule has 0 spiro atoms. The Morgan fingerprint density at radius 2 is 1.39 bits per heavy atom. The highest BCUT2D eigenvalue weighted by Gasteiger charge is 2.20. The Morgan fingerprint density at radius 3 is 2.00 bits per heavy atom. The average molecular weight is 318 g/mol. The van der Waals surface area contributed by atoms with Gasteiger partial charge in [-0.2, -0.15) is 0 Å². The van der Waals surface area contributed by atoms with E-state index < -0.39 is 8.07 Å². The zero-order valence-corrected chi connectivity index (χ0v) is 15.3. The fraction of sp³-hybridized carbons (Fsp3) is 0.190. The van der Waals surface area contributed by atoms with Crippen LogP contribution in [0, 0.1) is 6.92 Å². The summed E-state index contributed by atoms with van der Waals surface area (Å²) in [6.45, 7) is 9.26. The lowest BCUT2D eigenvalue weighted by Crippen LogP contribution is -2.38. The molecule has 0 aliphatic heterocycles. The monoisotopic (exact) mass is 317 g/mol. The summed E-state index contributed by atoms with van der Waals surface area (Å²) in [7, 11) is -1.36. The Morgan fingerprint density at radius 1 is 0.739 bits per heavy atom. The Kier molecular flexibility index (Phi) is 4.18. The first-order valence-corrected chi connectivity index (χ1v) is 11.6. The summed E-state index contributed by atoms with van der Waals surface area (Å²) in [5.41, 5.74) is 6.04. The minimum atomic E-state index is -1.36. The molecule has 0 unspecified atom stereocenters. The van der Waals surface area contributed by atoms with Gasteiger partial charge in [0.1, 0.15) is 0 Å². The van der Waals surface area contributed by atoms with E-state index in [-0.39, 0.29) is 0 Å². The van der Waals surface area contributed by atoms with Crippen molar-refractivity contribution < 1.29 is 0 Å². The number of nitrogens with zero attached hydrogens (tertiary/aromatic N) is 1. The van der Waals surface area contributed by atoms with Gasteiger partial charge in [-0.3, -0.25) is 4.98 Å². The lowest BCUT2D eigenvalue weighted by Gasteiger charge is -2.21.